The van der Waals surface area contributed by atoms with E-state index < -0.39 is 30.1 Å². The summed E-state index contributed by atoms with van der Waals surface area (Å²) in [6.07, 6.45) is 39.5. The highest BCUT2D eigenvalue weighted by atomic mass is 16.6. The average molecular weight is 1230 g/mol. The second-order valence-corrected chi connectivity index (χ2v) is 22.7. The lowest BCUT2D eigenvalue weighted by molar-refractivity contribution is -0.152. The highest BCUT2D eigenvalue weighted by Crippen LogP contribution is 2.16. The summed E-state index contributed by atoms with van der Waals surface area (Å²) in [7, 11) is 5.31. The van der Waals surface area contributed by atoms with Crippen LogP contribution < -0.4 is 0 Å². The lowest BCUT2D eigenvalue weighted by Crippen LogP contribution is -2.38. The van der Waals surface area contributed by atoms with Crippen molar-refractivity contribution in [3.63, 3.8) is 0 Å². The van der Waals surface area contributed by atoms with Crippen molar-refractivity contribution < 1.29 is 67.0 Å². The number of carbonyl (C=O) groups excluding carboxylic acids is 6. The summed E-state index contributed by atoms with van der Waals surface area (Å²) in [4.78, 5) is 72.8. The number of aliphatic hydroxyl groups excluding tert-OH is 1. The maximum Gasteiger partial charge on any atom is 0.320 e. The molecule has 0 aromatic heterocycles. The molecular formula is C70H140N2O14. The minimum Gasteiger partial charge on any atom is -0.465 e. The second-order valence-electron chi connectivity index (χ2n) is 22.7. The van der Waals surface area contributed by atoms with Gasteiger partial charge in [-0.05, 0) is 81.8 Å². The van der Waals surface area contributed by atoms with Gasteiger partial charge in [-0.3, -0.25) is 29.0 Å². The van der Waals surface area contributed by atoms with Crippen LogP contribution in [0.4, 0.5) is 0 Å². The molecular weight excluding hydrogens is 1090 g/mol. The summed E-state index contributed by atoms with van der Waals surface area (Å²) in [6, 6.07) is 0. The number of rotatable bonds is 53. The van der Waals surface area contributed by atoms with Gasteiger partial charge in [0.2, 0.25) is 0 Å². The normalized spacial score (nSPS) is 11.8. The van der Waals surface area contributed by atoms with E-state index in [2.05, 4.69) is 48.5 Å². The van der Waals surface area contributed by atoms with Crippen LogP contribution in [0.3, 0.4) is 0 Å². The number of unbranched alkanes of at least 4 members (excludes halogenated alkanes) is 20. The molecule has 0 saturated heterocycles. The monoisotopic (exact) mass is 1230 g/mol. The van der Waals surface area contributed by atoms with E-state index in [1.165, 1.54) is 152 Å². The third-order valence-electron chi connectivity index (χ3n) is 13.2. The minimum atomic E-state index is -0.603. The maximum atomic E-state index is 12.7. The first-order valence-corrected chi connectivity index (χ1v) is 34.3. The van der Waals surface area contributed by atoms with Crippen LogP contribution in [0.5, 0.6) is 0 Å². The first-order chi connectivity index (χ1) is 41.5. The van der Waals surface area contributed by atoms with Gasteiger partial charge in [0, 0.05) is 54.6 Å². The van der Waals surface area contributed by atoms with Crippen LogP contribution in [0.1, 0.15) is 283 Å². The van der Waals surface area contributed by atoms with Crippen LogP contribution >= 0.6 is 0 Å². The Bertz CT molecular complexity index is 1370. The first kappa shape index (κ1) is 93.9. The molecule has 16 nitrogen and oxygen atoms in total. The second kappa shape index (κ2) is 79.7. The highest BCUT2D eigenvalue weighted by Gasteiger charge is 2.21. The summed E-state index contributed by atoms with van der Waals surface area (Å²) in [6.45, 7) is 29.1. The van der Waals surface area contributed by atoms with Crippen molar-refractivity contribution in [2.24, 2.45) is 11.8 Å². The standard InChI is InChI=1S/C30H52N2O9.C11H22O2.3C9H20O.C2H6/c1-5-7-8-9-10-11-20-39-28(36)22-32(16-19-35)24-30(38)41-27(21-25(3)4)13-12-26(6-2)40-29(37)23-31(14-17-33)15-18-34;1-5-6-11(13-10(4)12)8-7-9(2)3;3*1-3-4-5-6-7-8-9-10-2;1-2/h12-13,17,19,25-27,34H,5-11,14-16,18,20-24H2,1-4H3;9,11H,5-8H2,1-4H3;3*3-9H2,1-2H3;1-2H3/b13-12-;;;;;. The molecule has 86 heavy (non-hydrogen) atoms. The number of carbonyl (C=O) groups is 6. The van der Waals surface area contributed by atoms with Crippen LogP contribution in [0.15, 0.2) is 12.2 Å². The van der Waals surface area contributed by atoms with Crippen LogP contribution in [0.25, 0.3) is 0 Å². The zero-order valence-corrected chi connectivity index (χ0v) is 58.8. The van der Waals surface area contributed by atoms with E-state index in [9.17, 15) is 28.8 Å². The molecule has 0 aromatic rings. The number of ether oxygens (including phenoxy) is 7. The highest BCUT2D eigenvalue weighted by molar-refractivity contribution is 5.76. The molecule has 0 aliphatic rings. The van der Waals surface area contributed by atoms with Gasteiger partial charge in [-0.15, -0.1) is 0 Å². The quantitative estimate of drug-likeness (QED) is 0.0198. The summed E-state index contributed by atoms with van der Waals surface area (Å²) in [5, 5.41) is 9.09. The van der Waals surface area contributed by atoms with Gasteiger partial charge in [-0.25, -0.2) is 0 Å². The minimum absolute atomic E-state index is 0.00662. The van der Waals surface area contributed by atoms with Gasteiger partial charge >= 0.3 is 23.9 Å². The van der Waals surface area contributed by atoms with E-state index in [-0.39, 0.29) is 63.9 Å². The van der Waals surface area contributed by atoms with Gasteiger partial charge < -0.3 is 47.9 Å². The van der Waals surface area contributed by atoms with E-state index in [1.54, 1.807) is 33.5 Å². The van der Waals surface area contributed by atoms with Gasteiger partial charge in [-0.2, -0.15) is 0 Å². The van der Waals surface area contributed by atoms with Gasteiger partial charge in [0.05, 0.1) is 45.9 Å². The van der Waals surface area contributed by atoms with E-state index in [0.29, 0.717) is 37.9 Å². The van der Waals surface area contributed by atoms with Crippen molar-refractivity contribution in [2.45, 2.75) is 301 Å². The molecule has 514 valence electrons. The Morgan fingerprint density at radius 2 is 0.814 bits per heavy atom. The molecule has 0 aliphatic carbocycles. The van der Waals surface area contributed by atoms with Gasteiger partial charge in [0.1, 0.15) is 30.9 Å². The van der Waals surface area contributed by atoms with E-state index in [4.69, 9.17) is 38.3 Å². The fourth-order valence-corrected chi connectivity index (χ4v) is 8.40. The fourth-order valence-electron chi connectivity index (χ4n) is 8.40. The van der Waals surface area contributed by atoms with Crippen LogP contribution in [0, 0.1) is 11.8 Å². The van der Waals surface area contributed by atoms with Gasteiger partial charge in [-0.1, -0.05) is 218 Å². The Morgan fingerprint density at radius 3 is 1.17 bits per heavy atom. The molecule has 0 bridgehead atoms. The Hall–Kier alpha value is -3.28. The Labute approximate surface area is 529 Å². The Morgan fingerprint density at radius 1 is 0.442 bits per heavy atom. The molecule has 0 spiro atoms. The Kier molecular flexibility index (Phi) is 87.0. The number of hydrogen-bond donors (Lipinski definition) is 1. The van der Waals surface area contributed by atoms with Crippen LogP contribution in [0.2, 0.25) is 0 Å². The molecule has 0 aliphatic heterocycles. The lowest BCUT2D eigenvalue weighted by atomic mass is 10.0. The van der Waals surface area contributed by atoms with Gasteiger partial charge in [0.15, 0.2) is 0 Å². The number of esters is 4. The van der Waals surface area contributed by atoms with Crippen LogP contribution in [-0.4, -0.2) is 163 Å². The molecule has 16 heteroatoms. The van der Waals surface area contributed by atoms with Crippen molar-refractivity contribution in [1.29, 1.82) is 0 Å². The predicted molar refractivity (Wildman–Crippen MR) is 357 cm³/mol. The maximum absolute atomic E-state index is 12.7. The van der Waals surface area contributed by atoms with E-state index >= 15 is 0 Å². The van der Waals surface area contributed by atoms with Crippen molar-refractivity contribution in [2.75, 3.05) is 93.6 Å². The lowest BCUT2D eigenvalue weighted by Gasteiger charge is -2.22. The first-order valence-electron chi connectivity index (χ1n) is 34.3. The molecule has 0 fully saturated rings. The molecule has 0 heterocycles. The third-order valence-corrected chi connectivity index (χ3v) is 13.2. The Balaban J connectivity index is -0.000000284. The van der Waals surface area contributed by atoms with Crippen molar-refractivity contribution >= 4 is 36.4 Å². The molecule has 1 N–H and O–H groups in total. The van der Waals surface area contributed by atoms with E-state index in [0.717, 1.165) is 64.8 Å². The number of methoxy groups -OCH3 is 3. The average Bonchev–Trinajstić information content (AvgIpc) is 3.49. The molecule has 0 radical (unpaired) electrons. The molecule has 0 saturated carbocycles. The predicted octanol–water partition coefficient (Wildman–Crippen LogP) is 15.9. The van der Waals surface area contributed by atoms with Crippen LogP contribution in [-0.2, 0) is 61.9 Å². The molecule has 3 unspecified atom stereocenters. The number of hydrogen-bond acceptors (Lipinski definition) is 16. The number of aliphatic hydroxyl groups is 1. The summed E-state index contributed by atoms with van der Waals surface area (Å²) in [5.41, 5.74) is 0. The smallest absolute Gasteiger partial charge is 0.320 e. The number of nitrogens with zero attached hydrogens (tertiary/aromatic N) is 2. The van der Waals surface area contributed by atoms with E-state index in [1.807, 2.05) is 34.6 Å². The zero-order chi connectivity index (χ0) is 66.1. The zero-order valence-electron chi connectivity index (χ0n) is 58.8. The van der Waals surface area contributed by atoms with Crippen molar-refractivity contribution in [3.05, 3.63) is 12.2 Å². The fraction of sp³-hybridized carbons (Fsp3) is 0.886. The largest absolute Gasteiger partial charge is 0.465 e. The molecule has 0 rings (SSSR count). The third kappa shape index (κ3) is 82.8. The molecule has 0 aromatic carbocycles. The number of aldehydes is 2. The summed E-state index contributed by atoms with van der Waals surface area (Å²) in [5.74, 6) is -0.896. The molecule has 3 atom stereocenters. The topological polar surface area (TPSA) is 194 Å². The summed E-state index contributed by atoms with van der Waals surface area (Å²) < 4.78 is 36.4. The van der Waals surface area contributed by atoms with Gasteiger partial charge in [0.25, 0.3) is 0 Å². The SMILES string of the molecule is CC.CCCC(CCC(C)C)OC(C)=O.CCCCCCCCOC.CCCCCCCCOC.CCCCCCCCOC.CCCCCCCCOC(=O)CN(CC=O)CC(=O)OC(/C=C\C(CC)OC(=O)CN(CC=O)CCO)CC(C)C. The van der Waals surface area contributed by atoms with Crippen molar-refractivity contribution in [1.82, 2.24) is 9.80 Å². The summed E-state index contributed by atoms with van der Waals surface area (Å²) >= 11 is 0. The van der Waals surface area contributed by atoms with Crippen molar-refractivity contribution in [3.8, 4) is 0 Å². The molecule has 0 amide bonds.